The highest BCUT2D eigenvalue weighted by molar-refractivity contribution is 7.99. The summed E-state index contributed by atoms with van der Waals surface area (Å²) in [7, 11) is 0. The van der Waals surface area contributed by atoms with Gasteiger partial charge in [0.25, 0.3) is 0 Å². The molecule has 3 rings (SSSR count). The average Bonchev–Trinajstić information content (AvgIpc) is 2.90. The molecule has 2 heterocycles. The second kappa shape index (κ2) is 7.01. The fraction of sp³-hybridized carbons (Fsp3) is 0.412. The lowest BCUT2D eigenvalue weighted by Crippen LogP contribution is -2.35. The lowest BCUT2D eigenvalue weighted by molar-refractivity contribution is -0.131. The molecule has 0 aliphatic carbocycles. The number of hydrogen-bond donors (Lipinski definition) is 0. The first-order valence-electron chi connectivity index (χ1n) is 7.66. The Morgan fingerprint density at radius 1 is 1.32 bits per heavy atom. The van der Waals surface area contributed by atoms with Crippen LogP contribution in [0, 0.1) is 6.92 Å². The molecule has 22 heavy (non-hydrogen) atoms. The number of aryl methyl sites for hydroxylation is 1. The second-order valence-electron chi connectivity index (χ2n) is 5.59. The van der Waals surface area contributed by atoms with Crippen LogP contribution in [0.3, 0.4) is 0 Å². The molecule has 116 valence electrons. The molecule has 1 aromatic carbocycles. The molecule has 0 spiro atoms. The summed E-state index contributed by atoms with van der Waals surface area (Å²) in [5.74, 6) is 1.15. The van der Waals surface area contributed by atoms with Gasteiger partial charge in [-0.1, -0.05) is 24.3 Å². The number of amides is 1. The fourth-order valence-corrected chi connectivity index (χ4v) is 4.18. The van der Waals surface area contributed by atoms with Crippen molar-refractivity contribution in [2.45, 2.75) is 25.1 Å². The van der Waals surface area contributed by atoms with Crippen molar-refractivity contribution in [2.75, 3.05) is 18.8 Å². The van der Waals surface area contributed by atoms with Crippen LogP contribution in [0.5, 0.6) is 0 Å². The van der Waals surface area contributed by atoms with Crippen LogP contribution in [0.1, 0.15) is 22.8 Å². The number of carbonyl (C=O) groups excluding carboxylic acids is 1. The Hall–Kier alpha value is -1.75. The number of rotatable bonds is 3. The van der Waals surface area contributed by atoms with Crippen LogP contribution >= 0.6 is 11.8 Å². The number of thioether (sulfide) groups is 1. The molecule has 0 bridgehead atoms. The molecule has 0 saturated carbocycles. The summed E-state index contributed by atoms with van der Waals surface area (Å²) in [4.78, 5) is 14.4. The van der Waals surface area contributed by atoms with Crippen molar-refractivity contribution < 1.29 is 4.79 Å². The molecule has 1 aromatic heterocycles. The molecule has 1 saturated heterocycles. The summed E-state index contributed by atoms with van der Waals surface area (Å²) in [5.41, 5.74) is 2.75. The molecule has 0 N–H and O–H groups in total. The van der Waals surface area contributed by atoms with Crippen molar-refractivity contribution in [2.24, 2.45) is 0 Å². The summed E-state index contributed by atoms with van der Waals surface area (Å²) in [6.45, 7) is 4.16. The van der Waals surface area contributed by atoms with E-state index in [-0.39, 0.29) is 5.91 Å². The molecule has 5 heteroatoms. The minimum absolute atomic E-state index is 0.162. The Morgan fingerprint density at radius 3 is 2.95 bits per heavy atom. The molecule has 2 aromatic rings. The van der Waals surface area contributed by atoms with E-state index in [2.05, 4.69) is 36.3 Å². The van der Waals surface area contributed by atoms with Gasteiger partial charge in [-0.15, -0.1) is 0 Å². The predicted octanol–water partition coefficient (Wildman–Crippen LogP) is 2.90. The summed E-state index contributed by atoms with van der Waals surface area (Å²) >= 11 is 1.96. The number of nitrogens with zero attached hydrogens (tertiary/aromatic N) is 3. The molecule has 1 atom stereocenters. The Morgan fingerprint density at radius 2 is 2.18 bits per heavy atom. The van der Waals surface area contributed by atoms with E-state index >= 15 is 0 Å². The third-order valence-electron chi connectivity index (χ3n) is 4.09. The minimum Gasteiger partial charge on any atom is -0.340 e. The maximum absolute atomic E-state index is 12.4. The molecular weight excluding hydrogens is 294 g/mol. The summed E-state index contributed by atoms with van der Waals surface area (Å²) in [5, 5.41) is 4.60. The van der Waals surface area contributed by atoms with Gasteiger partial charge in [0.1, 0.15) is 6.54 Å². The van der Waals surface area contributed by atoms with Gasteiger partial charge >= 0.3 is 0 Å². The monoisotopic (exact) mass is 315 g/mol. The lowest BCUT2D eigenvalue weighted by Gasteiger charge is -2.20. The average molecular weight is 315 g/mol. The maximum Gasteiger partial charge on any atom is 0.244 e. The van der Waals surface area contributed by atoms with Crippen LogP contribution in [0.4, 0.5) is 0 Å². The quantitative estimate of drug-likeness (QED) is 0.874. The zero-order valence-electron chi connectivity index (χ0n) is 12.8. The highest BCUT2D eigenvalue weighted by Crippen LogP contribution is 2.35. The number of hydrogen-bond acceptors (Lipinski definition) is 3. The van der Waals surface area contributed by atoms with E-state index in [1.807, 2.05) is 28.9 Å². The fourth-order valence-electron chi connectivity index (χ4n) is 2.85. The number of aromatic nitrogens is 2. The van der Waals surface area contributed by atoms with Crippen LogP contribution < -0.4 is 0 Å². The zero-order valence-corrected chi connectivity index (χ0v) is 13.6. The van der Waals surface area contributed by atoms with Gasteiger partial charge in [0, 0.05) is 36.5 Å². The van der Waals surface area contributed by atoms with Crippen molar-refractivity contribution >= 4 is 17.7 Å². The summed E-state index contributed by atoms with van der Waals surface area (Å²) in [6, 6.07) is 10.4. The van der Waals surface area contributed by atoms with Gasteiger partial charge < -0.3 is 4.90 Å². The second-order valence-corrected chi connectivity index (χ2v) is 6.90. The largest absolute Gasteiger partial charge is 0.340 e. The highest BCUT2D eigenvalue weighted by Gasteiger charge is 2.22. The molecule has 1 amide bonds. The molecule has 1 aliphatic heterocycles. The standard InChI is InChI=1S/C17H21N3OS/c1-14-5-2-3-6-15(14)16-7-10-19(11-12-22-16)17(21)13-20-9-4-8-18-20/h2-6,8-9,16H,7,10-13H2,1H3/t16-/m0/s1. The van der Waals surface area contributed by atoms with Crippen LogP contribution in [-0.4, -0.2) is 39.4 Å². The van der Waals surface area contributed by atoms with E-state index in [9.17, 15) is 4.79 Å². The first-order chi connectivity index (χ1) is 10.7. The van der Waals surface area contributed by atoms with E-state index in [0.717, 1.165) is 25.3 Å². The van der Waals surface area contributed by atoms with Crippen molar-refractivity contribution in [3.63, 3.8) is 0 Å². The number of carbonyl (C=O) groups is 1. The third-order valence-corrected chi connectivity index (χ3v) is 5.40. The SMILES string of the molecule is Cc1ccccc1[C@@H]1CCN(C(=O)Cn2cccn2)CCS1. The van der Waals surface area contributed by atoms with Crippen LogP contribution in [0.25, 0.3) is 0 Å². The van der Waals surface area contributed by atoms with Crippen LogP contribution in [0.2, 0.25) is 0 Å². The van der Waals surface area contributed by atoms with Gasteiger partial charge in [0.15, 0.2) is 0 Å². The van der Waals surface area contributed by atoms with E-state index in [1.54, 1.807) is 10.9 Å². The van der Waals surface area contributed by atoms with Crippen LogP contribution in [0.15, 0.2) is 42.7 Å². The van der Waals surface area contributed by atoms with Crippen molar-refractivity contribution in [1.82, 2.24) is 14.7 Å². The maximum atomic E-state index is 12.4. The third kappa shape index (κ3) is 3.53. The van der Waals surface area contributed by atoms with Crippen molar-refractivity contribution in [3.05, 3.63) is 53.9 Å². The van der Waals surface area contributed by atoms with Gasteiger partial charge in [-0.25, -0.2) is 0 Å². The van der Waals surface area contributed by atoms with Crippen LogP contribution in [-0.2, 0) is 11.3 Å². The zero-order chi connectivity index (χ0) is 15.4. The molecule has 1 aliphatic rings. The van der Waals surface area contributed by atoms with E-state index in [1.165, 1.54) is 11.1 Å². The smallest absolute Gasteiger partial charge is 0.244 e. The lowest BCUT2D eigenvalue weighted by atomic mass is 10.0. The topological polar surface area (TPSA) is 38.1 Å². The Balaban J connectivity index is 1.62. The van der Waals surface area contributed by atoms with Gasteiger partial charge in [0.05, 0.1) is 0 Å². The first kappa shape index (κ1) is 15.2. The van der Waals surface area contributed by atoms with Crippen molar-refractivity contribution in [1.29, 1.82) is 0 Å². The Labute approximate surface area is 135 Å². The van der Waals surface area contributed by atoms with Gasteiger partial charge in [-0.2, -0.15) is 16.9 Å². The highest BCUT2D eigenvalue weighted by atomic mass is 32.2. The van der Waals surface area contributed by atoms with Gasteiger partial charge in [0.2, 0.25) is 5.91 Å². The molecule has 0 unspecified atom stereocenters. The number of benzene rings is 1. The predicted molar refractivity (Wildman–Crippen MR) is 89.8 cm³/mol. The molecular formula is C17H21N3OS. The summed E-state index contributed by atoms with van der Waals surface area (Å²) < 4.78 is 1.69. The Kier molecular flexibility index (Phi) is 4.83. The first-order valence-corrected chi connectivity index (χ1v) is 8.71. The van der Waals surface area contributed by atoms with Gasteiger partial charge in [-0.05, 0) is 30.5 Å². The van der Waals surface area contributed by atoms with Crippen molar-refractivity contribution in [3.8, 4) is 0 Å². The molecule has 0 radical (unpaired) electrons. The normalized spacial score (nSPS) is 19.0. The Bertz CT molecular complexity index is 627. The molecule has 1 fully saturated rings. The van der Waals surface area contributed by atoms with E-state index in [4.69, 9.17) is 0 Å². The summed E-state index contributed by atoms with van der Waals surface area (Å²) in [6.07, 6.45) is 4.56. The van der Waals surface area contributed by atoms with E-state index < -0.39 is 0 Å². The minimum atomic E-state index is 0.162. The van der Waals surface area contributed by atoms with Gasteiger partial charge in [-0.3, -0.25) is 9.48 Å². The molecule has 4 nitrogen and oxygen atoms in total. The van der Waals surface area contributed by atoms with E-state index in [0.29, 0.717) is 11.8 Å².